The van der Waals surface area contributed by atoms with Crippen LogP contribution in [0.15, 0.2) is 18.2 Å². The molecule has 1 aromatic rings. The topological polar surface area (TPSA) is 96.0 Å². The van der Waals surface area contributed by atoms with Gasteiger partial charge in [-0.15, -0.1) is 0 Å². The summed E-state index contributed by atoms with van der Waals surface area (Å²) in [4.78, 5) is 22.0. The predicted molar refractivity (Wildman–Crippen MR) is 69.8 cm³/mol. The highest BCUT2D eigenvalue weighted by atomic mass is 35.5. The van der Waals surface area contributed by atoms with Gasteiger partial charge in [-0.2, -0.15) is 5.26 Å². The second-order valence-corrected chi connectivity index (χ2v) is 4.65. The third-order valence-corrected chi connectivity index (χ3v) is 2.83. The molecule has 0 saturated carbocycles. The SMILES string of the molecule is CC(C)C(C#N)NC(=O)c1cc([N+](=O)[O-])ccc1Cl. The highest BCUT2D eigenvalue weighted by Gasteiger charge is 2.20. The Morgan fingerprint density at radius 2 is 2.16 bits per heavy atom. The van der Waals surface area contributed by atoms with Gasteiger partial charge in [0.1, 0.15) is 6.04 Å². The average molecular weight is 282 g/mol. The van der Waals surface area contributed by atoms with Crippen molar-refractivity contribution in [1.82, 2.24) is 5.32 Å². The Morgan fingerprint density at radius 3 is 2.63 bits per heavy atom. The molecule has 1 amide bonds. The third kappa shape index (κ3) is 3.66. The highest BCUT2D eigenvalue weighted by molar-refractivity contribution is 6.34. The van der Waals surface area contributed by atoms with Crippen LogP contribution in [0.2, 0.25) is 5.02 Å². The van der Waals surface area contributed by atoms with E-state index in [2.05, 4.69) is 5.32 Å². The van der Waals surface area contributed by atoms with Gasteiger partial charge in [-0.25, -0.2) is 0 Å². The van der Waals surface area contributed by atoms with Crippen LogP contribution in [-0.4, -0.2) is 16.9 Å². The maximum atomic E-state index is 11.9. The maximum Gasteiger partial charge on any atom is 0.270 e. The Hall–Kier alpha value is -2.13. The van der Waals surface area contributed by atoms with Crippen LogP contribution >= 0.6 is 11.6 Å². The van der Waals surface area contributed by atoms with Crippen molar-refractivity contribution >= 4 is 23.2 Å². The maximum absolute atomic E-state index is 11.9. The molecule has 0 heterocycles. The van der Waals surface area contributed by atoms with E-state index in [1.165, 1.54) is 12.1 Å². The quantitative estimate of drug-likeness (QED) is 0.677. The van der Waals surface area contributed by atoms with E-state index in [4.69, 9.17) is 16.9 Å². The number of nitriles is 1. The number of carbonyl (C=O) groups is 1. The molecular formula is C12H12ClN3O3. The number of carbonyl (C=O) groups excluding carboxylic acids is 1. The van der Waals surface area contributed by atoms with Crippen LogP contribution in [0.3, 0.4) is 0 Å². The number of amides is 1. The molecule has 7 heteroatoms. The van der Waals surface area contributed by atoms with Crippen LogP contribution in [0, 0.1) is 27.4 Å². The van der Waals surface area contributed by atoms with E-state index in [1.54, 1.807) is 13.8 Å². The summed E-state index contributed by atoms with van der Waals surface area (Å²) in [6, 6.07) is 4.86. The average Bonchev–Trinajstić information content (AvgIpc) is 2.35. The van der Waals surface area contributed by atoms with Gasteiger partial charge in [-0.05, 0) is 12.0 Å². The molecule has 1 rings (SSSR count). The minimum atomic E-state index is -0.678. The predicted octanol–water partition coefficient (Wildman–Crippen LogP) is 2.53. The zero-order valence-corrected chi connectivity index (χ0v) is 11.1. The number of hydrogen-bond acceptors (Lipinski definition) is 4. The van der Waals surface area contributed by atoms with E-state index in [1.807, 2.05) is 6.07 Å². The first kappa shape index (κ1) is 14.9. The summed E-state index contributed by atoms with van der Waals surface area (Å²) in [6.07, 6.45) is 0. The molecule has 0 radical (unpaired) electrons. The summed E-state index contributed by atoms with van der Waals surface area (Å²) in [5.74, 6) is -0.680. The smallest absolute Gasteiger partial charge is 0.270 e. The van der Waals surface area contributed by atoms with Crippen molar-refractivity contribution in [2.45, 2.75) is 19.9 Å². The normalized spacial score (nSPS) is 11.7. The molecule has 6 nitrogen and oxygen atoms in total. The van der Waals surface area contributed by atoms with Crippen LogP contribution in [0.25, 0.3) is 0 Å². The number of nitrogens with zero attached hydrogens (tertiary/aromatic N) is 2. The van der Waals surface area contributed by atoms with Gasteiger partial charge in [0.25, 0.3) is 11.6 Å². The van der Waals surface area contributed by atoms with Crippen molar-refractivity contribution in [2.24, 2.45) is 5.92 Å². The number of rotatable bonds is 4. The minimum absolute atomic E-state index is 0.0169. The van der Waals surface area contributed by atoms with Gasteiger partial charge in [0.05, 0.1) is 21.6 Å². The second-order valence-electron chi connectivity index (χ2n) is 4.25. The van der Waals surface area contributed by atoms with E-state index in [-0.39, 0.29) is 22.2 Å². The van der Waals surface area contributed by atoms with E-state index in [0.717, 1.165) is 6.07 Å². The Kier molecular flexibility index (Phi) is 4.84. The molecule has 0 aliphatic heterocycles. The van der Waals surface area contributed by atoms with Crippen LogP contribution < -0.4 is 5.32 Å². The van der Waals surface area contributed by atoms with Crippen molar-refractivity contribution in [3.05, 3.63) is 38.9 Å². The van der Waals surface area contributed by atoms with Gasteiger partial charge in [0.15, 0.2) is 0 Å². The molecule has 1 atom stereocenters. The molecule has 0 aromatic heterocycles. The lowest BCUT2D eigenvalue weighted by Crippen LogP contribution is -2.37. The first-order valence-corrected chi connectivity index (χ1v) is 5.89. The molecule has 0 saturated heterocycles. The number of nitrogens with one attached hydrogen (secondary N) is 1. The number of hydrogen-bond donors (Lipinski definition) is 1. The summed E-state index contributed by atoms with van der Waals surface area (Å²) in [5.41, 5.74) is -0.246. The van der Waals surface area contributed by atoms with Gasteiger partial charge in [0.2, 0.25) is 0 Å². The second kappa shape index (κ2) is 6.16. The summed E-state index contributed by atoms with van der Waals surface area (Å²) in [5, 5.41) is 22.1. The number of benzene rings is 1. The van der Waals surface area contributed by atoms with Crippen molar-refractivity contribution in [3.8, 4) is 6.07 Å². The van der Waals surface area contributed by atoms with Crippen LogP contribution in [-0.2, 0) is 0 Å². The molecule has 0 aliphatic rings. The van der Waals surface area contributed by atoms with E-state index < -0.39 is 16.9 Å². The molecule has 1 aromatic carbocycles. The fraction of sp³-hybridized carbons (Fsp3) is 0.333. The van der Waals surface area contributed by atoms with Gasteiger partial charge in [-0.1, -0.05) is 25.4 Å². The number of nitro groups is 1. The molecular weight excluding hydrogens is 270 g/mol. The molecule has 100 valence electrons. The fourth-order valence-electron chi connectivity index (χ4n) is 1.37. The Morgan fingerprint density at radius 1 is 1.53 bits per heavy atom. The third-order valence-electron chi connectivity index (χ3n) is 2.50. The lowest BCUT2D eigenvalue weighted by molar-refractivity contribution is -0.384. The van der Waals surface area contributed by atoms with Gasteiger partial charge >= 0.3 is 0 Å². The van der Waals surface area contributed by atoms with Crippen LogP contribution in [0.1, 0.15) is 24.2 Å². The summed E-state index contributed by atoms with van der Waals surface area (Å²) in [7, 11) is 0. The zero-order valence-electron chi connectivity index (χ0n) is 10.4. The summed E-state index contributed by atoms with van der Waals surface area (Å²) in [6.45, 7) is 3.56. The highest BCUT2D eigenvalue weighted by Crippen LogP contribution is 2.22. The lowest BCUT2D eigenvalue weighted by Gasteiger charge is -2.15. The number of non-ortho nitro benzene ring substituents is 1. The Balaban J connectivity index is 3.03. The number of nitro benzene ring substituents is 1. The van der Waals surface area contributed by atoms with E-state index >= 15 is 0 Å². The van der Waals surface area contributed by atoms with Crippen molar-refractivity contribution in [2.75, 3.05) is 0 Å². The molecule has 0 spiro atoms. The Labute approximate surface area is 115 Å². The van der Waals surface area contributed by atoms with Crippen molar-refractivity contribution in [1.29, 1.82) is 5.26 Å². The summed E-state index contributed by atoms with van der Waals surface area (Å²) < 4.78 is 0. The van der Waals surface area contributed by atoms with Gasteiger partial charge < -0.3 is 5.32 Å². The van der Waals surface area contributed by atoms with Crippen LogP contribution in [0.4, 0.5) is 5.69 Å². The van der Waals surface area contributed by atoms with E-state index in [9.17, 15) is 14.9 Å². The van der Waals surface area contributed by atoms with Crippen molar-refractivity contribution < 1.29 is 9.72 Å². The molecule has 0 bridgehead atoms. The molecule has 19 heavy (non-hydrogen) atoms. The van der Waals surface area contributed by atoms with Gasteiger partial charge in [-0.3, -0.25) is 14.9 Å². The minimum Gasteiger partial charge on any atom is -0.336 e. The summed E-state index contributed by atoms with van der Waals surface area (Å²) >= 11 is 5.84. The molecule has 1 unspecified atom stereocenters. The first-order valence-electron chi connectivity index (χ1n) is 5.51. The van der Waals surface area contributed by atoms with Crippen molar-refractivity contribution in [3.63, 3.8) is 0 Å². The van der Waals surface area contributed by atoms with Gasteiger partial charge in [0, 0.05) is 12.1 Å². The molecule has 0 aliphatic carbocycles. The monoisotopic (exact) mass is 281 g/mol. The number of halogens is 1. The van der Waals surface area contributed by atoms with E-state index in [0.29, 0.717) is 0 Å². The largest absolute Gasteiger partial charge is 0.336 e. The molecule has 0 fully saturated rings. The van der Waals surface area contributed by atoms with Crippen LogP contribution in [0.5, 0.6) is 0 Å². The first-order chi connectivity index (χ1) is 8.86. The zero-order chi connectivity index (χ0) is 14.6. The fourth-order valence-corrected chi connectivity index (χ4v) is 1.57. The lowest BCUT2D eigenvalue weighted by atomic mass is 10.1. The molecule has 1 N–H and O–H groups in total. The standard InChI is InChI=1S/C12H12ClN3O3/c1-7(2)11(6-14)15-12(17)9-5-8(16(18)19)3-4-10(9)13/h3-5,7,11H,1-2H3,(H,15,17). The Bertz CT molecular complexity index is 552.